The zero-order chi connectivity index (χ0) is 22.7. The van der Waals surface area contributed by atoms with E-state index in [0.717, 1.165) is 11.1 Å². The summed E-state index contributed by atoms with van der Waals surface area (Å²) in [6, 6.07) is 14.1. The van der Waals surface area contributed by atoms with E-state index in [1.54, 1.807) is 31.3 Å². The predicted octanol–water partition coefficient (Wildman–Crippen LogP) is 2.46. The van der Waals surface area contributed by atoms with Crippen LogP contribution in [0.4, 0.5) is 0 Å². The summed E-state index contributed by atoms with van der Waals surface area (Å²) >= 11 is 0. The molecule has 8 nitrogen and oxygen atoms in total. The molecule has 1 fully saturated rings. The smallest absolute Gasteiger partial charge is 0.329 e. The molecular weight excluding hydrogens is 410 g/mol. The highest BCUT2D eigenvalue weighted by Crippen LogP contribution is 2.25. The van der Waals surface area contributed by atoms with Gasteiger partial charge in [0.15, 0.2) is 0 Å². The molecule has 2 aromatic carbocycles. The van der Waals surface area contributed by atoms with E-state index in [1.807, 2.05) is 36.4 Å². The van der Waals surface area contributed by atoms with Crippen LogP contribution in [0.15, 0.2) is 59.4 Å². The van der Waals surface area contributed by atoms with Gasteiger partial charge in [0.1, 0.15) is 12.6 Å². The SMILES string of the molecule is Cn1c(=O)n(C2CCC(=O)NC2=O)c2cccc(/C=C/CC(=O)OCc3ccccc3)c21. The number of nitrogens with one attached hydrogen (secondary N) is 1. The van der Waals surface area contributed by atoms with Crippen LogP contribution in [0.3, 0.4) is 0 Å². The van der Waals surface area contributed by atoms with Crippen molar-refractivity contribution in [3.8, 4) is 0 Å². The molecule has 1 saturated heterocycles. The second kappa shape index (κ2) is 9.05. The molecule has 1 N–H and O–H groups in total. The fourth-order valence-corrected chi connectivity index (χ4v) is 3.91. The van der Waals surface area contributed by atoms with Crippen LogP contribution < -0.4 is 11.0 Å². The summed E-state index contributed by atoms with van der Waals surface area (Å²) in [7, 11) is 1.64. The van der Waals surface area contributed by atoms with E-state index in [-0.39, 0.29) is 43.4 Å². The van der Waals surface area contributed by atoms with Crippen molar-refractivity contribution in [3.05, 3.63) is 76.2 Å². The summed E-state index contributed by atoms with van der Waals surface area (Å²) in [4.78, 5) is 48.8. The van der Waals surface area contributed by atoms with Gasteiger partial charge in [0.25, 0.3) is 0 Å². The molecule has 32 heavy (non-hydrogen) atoms. The molecule has 0 radical (unpaired) electrons. The van der Waals surface area contributed by atoms with E-state index in [0.29, 0.717) is 11.0 Å². The van der Waals surface area contributed by atoms with Crippen molar-refractivity contribution >= 4 is 34.9 Å². The minimum atomic E-state index is -0.740. The van der Waals surface area contributed by atoms with Gasteiger partial charge in [-0.25, -0.2) is 4.79 Å². The number of esters is 1. The molecular formula is C24H23N3O5. The summed E-state index contributed by atoms with van der Waals surface area (Å²) in [5.41, 5.74) is 2.57. The van der Waals surface area contributed by atoms with E-state index in [9.17, 15) is 19.2 Å². The second-order valence-electron chi connectivity index (χ2n) is 7.65. The maximum Gasteiger partial charge on any atom is 0.329 e. The number of nitrogens with zero attached hydrogens (tertiary/aromatic N) is 2. The van der Waals surface area contributed by atoms with Gasteiger partial charge in [-0.15, -0.1) is 0 Å². The Hall–Kier alpha value is -3.94. The maximum absolute atomic E-state index is 12.9. The average Bonchev–Trinajstić information content (AvgIpc) is 3.04. The zero-order valence-corrected chi connectivity index (χ0v) is 17.6. The van der Waals surface area contributed by atoms with E-state index in [4.69, 9.17) is 4.74 Å². The van der Waals surface area contributed by atoms with Gasteiger partial charge < -0.3 is 4.74 Å². The number of hydrogen-bond acceptors (Lipinski definition) is 5. The van der Waals surface area contributed by atoms with E-state index >= 15 is 0 Å². The summed E-state index contributed by atoms with van der Waals surface area (Å²) in [6.07, 6.45) is 4.00. The monoisotopic (exact) mass is 433 g/mol. The lowest BCUT2D eigenvalue weighted by Crippen LogP contribution is -2.44. The fourth-order valence-electron chi connectivity index (χ4n) is 3.91. The Bertz CT molecular complexity index is 1270. The Morgan fingerprint density at radius 2 is 1.91 bits per heavy atom. The van der Waals surface area contributed by atoms with E-state index < -0.39 is 11.9 Å². The van der Waals surface area contributed by atoms with Crippen molar-refractivity contribution in [2.24, 2.45) is 7.05 Å². The molecule has 0 bridgehead atoms. The van der Waals surface area contributed by atoms with Gasteiger partial charge in [-0.3, -0.25) is 28.8 Å². The Balaban J connectivity index is 1.54. The molecule has 1 aliphatic heterocycles. The van der Waals surface area contributed by atoms with Crippen LogP contribution in [0.25, 0.3) is 17.1 Å². The van der Waals surface area contributed by atoms with Crippen LogP contribution in [0.1, 0.15) is 36.4 Å². The first-order valence-corrected chi connectivity index (χ1v) is 10.4. The number of aromatic nitrogens is 2. The number of imidazole rings is 1. The number of carbonyl (C=O) groups excluding carboxylic acids is 3. The van der Waals surface area contributed by atoms with Crippen LogP contribution in [0.2, 0.25) is 0 Å². The molecule has 1 atom stereocenters. The van der Waals surface area contributed by atoms with Gasteiger partial charge in [0, 0.05) is 19.0 Å². The third-order valence-electron chi connectivity index (χ3n) is 5.48. The van der Waals surface area contributed by atoms with Gasteiger partial charge in [0.05, 0.1) is 17.5 Å². The topological polar surface area (TPSA) is 99.4 Å². The van der Waals surface area contributed by atoms with Crippen LogP contribution in [0, 0.1) is 0 Å². The first-order chi connectivity index (χ1) is 15.5. The number of piperidine rings is 1. The quantitative estimate of drug-likeness (QED) is 0.476. The molecule has 2 heterocycles. The summed E-state index contributed by atoms with van der Waals surface area (Å²) in [6.45, 7) is 0.215. The number of rotatable bonds is 6. The van der Waals surface area contributed by atoms with Crippen molar-refractivity contribution in [2.45, 2.75) is 31.9 Å². The first kappa shape index (κ1) is 21.3. The van der Waals surface area contributed by atoms with Crippen LogP contribution in [-0.2, 0) is 32.8 Å². The van der Waals surface area contributed by atoms with Crippen LogP contribution >= 0.6 is 0 Å². The third kappa shape index (κ3) is 4.25. The van der Waals surface area contributed by atoms with Crippen molar-refractivity contribution in [3.63, 3.8) is 0 Å². The lowest BCUT2D eigenvalue weighted by molar-refractivity contribution is -0.144. The van der Waals surface area contributed by atoms with Gasteiger partial charge in [-0.2, -0.15) is 0 Å². The highest BCUT2D eigenvalue weighted by atomic mass is 16.5. The molecule has 0 spiro atoms. The van der Waals surface area contributed by atoms with Crippen molar-refractivity contribution < 1.29 is 19.1 Å². The highest BCUT2D eigenvalue weighted by molar-refractivity contribution is 6.00. The number of imide groups is 1. The minimum absolute atomic E-state index is 0.0883. The molecule has 4 rings (SSSR count). The molecule has 2 amide bonds. The van der Waals surface area contributed by atoms with E-state index in [2.05, 4.69) is 5.32 Å². The molecule has 0 saturated carbocycles. The number of hydrogen-bond donors (Lipinski definition) is 1. The van der Waals surface area contributed by atoms with Crippen LogP contribution in [0.5, 0.6) is 0 Å². The fraction of sp³-hybridized carbons (Fsp3) is 0.250. The molecule has 1 unspecified atom stereocenters. The number of aryl methyl sites for hydroxylation is 1. The molecule has 8 heteroatoms. The maximum atomic E-state index is 12.9. The van der Waals surface area contributed by atoms with Gasteiger partial charge in [-0.05, 0) is 18.1 Å². The number of benzene rings is 2. The summed E-state index contributed by atoms with van der Waals surface area (Å²) in [5, 5.41) is 2.30. The zero-order valence-electron chi connectivity index (χ0n) is 17.6. The third-order valence-corrected chi connectivity index (χ3v) is 5.48. The van der Waals surface area contributed by atoms with Gasteiger partial charge in [0.2, 0.25) is 11.8 Å². The number of ether oxygens (including phenoxy) is 1. The standard InChI is InChI=1S/C24H23N3O5/c1-26-22-17(10-6-12-21(29)32-15-16-7-3-2-4-8-16)9-5-11-18(22)27(24(26)31)19-13-14-20(28)25-23(19)30/h2-11,19H,12-15H2,1H3,(H,25,28,30)/b10-6+. The summed E-state index contributed by atoms with van der Waals surface area (Å²) in [5.74, 6) is -1.16. The molecule has 1 aromatic heterocycles. The Labute approximate surface area is 184 Å². The van der Waals surface area contributed by atoms with Crippen LogP contribution in [-0.4, -0.2) is 26.9 Å². The van der Waals surface area contributed by atoms with Crippen molar-refractivity contribution in [1.82, 2.24) is 14.5 Å². The average molecular weight is 433 g/mol. The molecule has 1 aliphatic rings. The predicted molar refractivity (Wildman–Crippen MR) is 118 cm³/mol. The summed E-state index contributed by atoms with van der Waals surface area (Å²) < 4.78 is 8.19. The highest BCUT2D eigenvalue weighted by Gasteiger charge is 2.31. The molecule has 164 valence electrons. The lowest BCUT2D eigenvalue weighted by Gasteiger charge is -2.21. The Morgan fingerprint density at radius 1 is 1.12 bits per heavy atom. The van der Waals surface area contributed by atoms with Gasteiger partial charge in [-0.1, -0.05) is 54.6 Å². The van der Waals surface area contributed by atoms with Crippen molar-refractivity contribution in [1.29, 1.82) is 0 Å². The second-order valence-corrected chi connectivity index (χ2v) is 7.65. The largest absolute Gasteiger partial charge is 0.461 e. The lowest BCUT2D eigenvalue weighted by atomic mass is 10.1. The number of fused-ring (bicyclic) bond motifs is 1. The van der Waals surface area contributed by atoms with Gasteiger partial charge >= 0.3 is 11.7 Å². The Kier molecular flexibility index (Phi) is 6.02. The molecule has 0 aliphatic carbocycles. The number of amides is 2. The minimum Gasteiger partial charge on any atom is -0.461 e. The molecule has 3 aromatic rings. The normalized spacial score (nSPS) is 16.5. The first-order valence-electron chi connectivity index (χ1n) is 10.4. The van der Waals surface area contributed by atoms with Crippen molar-refractivity contribution in [2.75, 3.05) is 0 Å². The Morgan fingerprint density at radius 3 is 2.66 bits per heavy atom. The number of carbonyl (C=O) groups is 3. The number of para-hydroxylation sites is 1. The van der Waals surface area contributed by atoms with E-state index in [1.165, 1.54) is 9.13 Å².